The first-order valence-corrected chi connectivity index (χ1v) is 7.85. The van der Waals surface area contributed by atoms with Gasteiger partial charge in [-0.25, -0.2) is 4.79 Å². The maximum atomic E-state index is 11.9. The second-order valence-corrected chi connectivity index (χ2v) is 6.37. The van der Waals surface area contributed by atoms with Crippen LogP contribution in [-0.2, 0) is 6.54 Å². The lowest BCUT2D eigenvalue weighted by Gasteiger charge is -2.42. The van der Waals surface area contributed by atoms with Crippen LogP contribution in [0.25, 0.3) is 0 Å². The monoisotopic (exact) mass is 337 g/mol. The molecule has 2 rings (SSSR count). The summed E-state index contributed by atoms with van der Waals surface area (Å²) in [5.74, 6) is 0.841. The van der Waals surface area contributed by atoms with E-state index in [-0.39, 0.29) is 6.03 Å². The van der Waals surface area contributed by atoms with Gasteiger partial charge in [-0.1, -0.05) is 23.7 Å². The average Bonchev–Trinajstić information content (AvgIpc) is 2.49. The van der Waals surface area contributed by atoms with Crippen molar-refractivity contribution in [2.45, 2.75) is 13.5 Å². The number of rotatable bonds is 2. The number of carbonyl (C=O) groups is 1. The predicted molar refractivity (Wildman–Crippen MR) is 93.5 cm³/mol. The highest BCUT2D eigenvalue weighted by Crippen LogP contribution is 2.18. The first-order chi connectivity index (χ1) is 10.8. The smallest absolute Gasteiger partial charge is 0.322 e. The Kier molecular flexibility index (Phi) is 5.36. The number of hydrogen-bond donors (Lipinski definition) is 0. The van der Waals surface area contributed by atoms with Crippen LogP contribution in [-0.4, -0.2) is 73.1 Å². The van der Waals surface area contributed by atoms with Gasteiger partial charge in [0.2, 0.25) is 0 Å². The number of aryl methyl sites for hydroxylation is 1. The van der Waals surface area contributed by atoms with Gasteiger partial charge < -0.3 is 19.6 Å². The molecule has 6 nitrogen and oxygen atoms in total. The Morgan fingerprint density at radius 1 is 1.30 bits per heavy atom. The van der Waals surface area contributed by atoms with E-state index >= 15 is 0 Å². The summed E-state index contributed by atoms with van der Waals surface area (Å²) in [4.78, 5) is 23.8. The molecule has 0 unspecified atom stereocenters. The SMILES string of the molecule is CN=C(N(C)Cc1ccc(C)c(Cl)c1)N1CN(C)C(=O)N(C)C1. The fourth-order valence-electron chi connectivity index (χ4n) is 2.73. The molecule has 0 radical (unpaired) electrons. The average molecular weight is 338 g/mol. The zero-order valence-corrected chi connectivity index (χ0v) is 15.1. The van der Waals surface area contributed by atoms with Crippen molar-refractivity contribution in [3.63, 3.8) is 0 Å². The fourth-order valence-corrected chi connectivity index (χ4v) is 2.93. The van der Waals surface area contributed by atoms with Gasteiger partial charge in [-0.2, -0.15) is 0 Å². The molecule has 1 heterocycles. The molecule has 0 atom stereocenters. The van der Waals surface area contributed by atoms with Gasteiger partial charge in [0, 0.05) is 39.8 Å². The number of aliphatic imine (C=N–C) groups is 1. The van der Waals surface area contributed by atoms with Crippen molar-refractivity contribution in [3.05, 3.63) is 34.3 Å². The number of carbonyl (C=O) groups excluding carboxylic acids is 1. The summed E-state index contributed by atoms with van der Waals surface area (Å²) in [7, 11) is 7.34. The third kappa shape index (κ3) is 3.88. The molecule has 0 bridgehead atoms. The van der Waals surface area contributed by atoms with E-state index in [0.29, 0.717) is 19.9 Å². The molecule has 1 aliphatic rings. The molecule has 1 fully saturated rings. The van der Waals surface area contributed by atoms with Crippen LogP contribution in [0.4, 0.5) is 4.79 Å². The van der Waals surface area contributed by atoms with Gasteiger partial charge >= 0.3 is 6.03 Å². The molecular formula is C16H24ClN5O. The lowest BCUT2D eigenvalue weighted by molar-refractivity contribution is 0.0876. The molecule has 126 valence electrons. The Bertz CT molecular complexity index is 604. The summed E-state index contributed by atoms with van der Waals surface area (Å²) in [6.07, 6.45) is 0. The van der Waals surface area contributed by atoms with Crippen LogP contribution in [0.15, 0.2) is 23.2 Å². The van der Waals surface area contributed by atoms with E-state index in [1.807, 2.05) is 26.1 Å². The van der Waals surface area contributed by atoms with E-state index < -0.39 is 0 Å². The fraction of sp³-hybridized carbons (Fsp3) is 0.500. The summed E-state index contributed by atoms with van der Waals surface area (Å²) >= 11 is 6.20. The number of halogens is 1. The molecular weight excluding hydrogens is 314 g/mol. The molecule has 0 aromatic heterocycles. The van der Waals surface area contributed by atoms with E-state index in [1.54, 1.807) is 30.9 Å². The predicted octanol–water partition coefficient (Wildman–Crippen LogP) is 2.28. The van der Waals surface area contributed by atoms with Crippen LogP contribution in [0, 0.1) is 6.92 Å². The summed E-state index contributed by atoms with van der Waals surface area (Å²) < 4.78 is 0. The molecule has 2 amide bonds. The van der Waals surface area contributed by atoms with Crippen LogP contribution in [0.5, 0.6) is 0 Å². The van der Waals surface area contributed by atoms with E-state index in [9.17, 15) is 4.79 Å². The first-order valence-electron chi connectivity index (χ1n) is 7.47. The normalized spacial score (nSPS) is 16.2. The van der Waals surface area contributed by atoms with Crippen molar-refractivity contribution >= 4 is 23.6 Å². The minimum absolute atomic E-state index is 0.0182. The van der Waals surface area contributed by atoms with Crippen molar-refractivity contribution in [2.75, 3.05) is 41.5 Å². The van der Waals surface area contributed by atoms with Crippen LogP contribution in [0.3, 0.4) is 0 Å². The highest BCUT2D eigenvalue weighted by atomic mass is 35.5. The minimum Gasteiger partial charge on any atom is -0.341 e. The third-order valence-electron chi connectivity index (χ3n) is 3.90. The number of guanidine groups is 1. The molecule has 1 aromatic carbocycles. The van der Waals surface area contributed by atoms with E-state index in [4.69, 9.17) is 11.6 Å². The van der Waals surface area contributed by atoms with Crippen LogP contribution >= 0.6 is 11.6 Å². The Balaban J connectivity index is 2.11. The number of hydrogen-bond acceptors (Lipinski definition) is 2. The minimum atomic E-state index is 0.0182. The van der Waals surface area contributed by atoms with Crippen LogP contribution < -0.4 is 0 Å². The molecule has 0 spiro atoms. The first kappa shape index (κ1) is 17.4. The van der Waals surface area contributed by atoms with Crippen molar-refractivity contribution in [1.29, 1.82) is 0 Å². The molecule has 1 aliphatic heterocycles. The van der Waals surface area contributed by atoms with Crippen molar-refractivity contribution in [1.82, 2.24) is 19.6 Å². The Hall–Kier alpha value is -1.95. The number of urea groups is 1. The molecule has 0 N–H and O–H groups in total. The second kappa shape index (κ2) is 7.08. The second-order valence-electron chi connectivity index (χ2n) is 5.96. The van der Waals surface area contributed by atoms with Gasteiger partial charge in [-0.3, -0.25) is 4.99 Å². The zero-order valence-electron chi connectivity index (χ0n) is 14.4. The highest BCUT2D eigenvalue weighted by molar-refractivity contribution is 6.31. The third-order valence-corrected chi connectivity index (χ3v) is 4.31. The molecule has 23 heavy (non-hydrogen) atoms. The maximum absolute atomic E-state index is 11.9. The summed E-state index contributed by atoms with van der Waals surface area (Å²) in [5.41, 5.74) is 2.19. The van der Waals surface area contributed by atoms with E-state index in [2.05, 4.69) is 20.9 Å². The maximum Gasteiger partial charge on any atom is 0.322 e. The van der Waals surface area contributed by atoms with Crippen molar-refractivity contribution in [3.8, 4) is 0 Å². The lowest BCUT2D eigenvalue weighted by atomic mass is 10.1. The van der Waals surface area contributed by atoms with Crippen LogP contribution in [0.1, 0.15) is 11.1 Å². The number of benzene rings is 1. The van der Waals surface area contributed by atoms with E-state index in [0.717, 1.165) is 22.1 Å². The summed E-state index contributed by atoms with van der Waals surface area (Å²) in [6, 6.07) is 6.10. The van der Waals surface area contributed by atoms with Crippen molar-refractivity contribution < 1.29 is 4.79 Å². The largest absolute Gasteiger partial charge is 0.341 e. The van der Waals surface area contributed by atoms with Crippen molar-refractivity contribution in [2.24, 2.45) is 4.99 Å². The summed E-state index contributed by atoms with van der Waals surface area (Å²) in [5, 5.41) is 0.772. The molecule has 1 saturated heterocycles. The van der Waals surface area contributed by atoms with Gasteiger partial charge in [-0.15, -0.1) is 0 Å². The number of amides is 2. The Morgan fingerprint density at radius 2 is 1.91 bits per heavy atom. The van der Waals surface area contributed by atoms with E-state index in [1.165, 1.54) is 0 Å². The molecule has 7 heteroatoms. The van der Waals surface area contributed by atoms with Gasteiger partial charge in [0.05, 0.1) is 13.3 Å². The van der Waals surface area contributed by atoms with Gasteiger partial charge in [0.1, 0.15) is 0 Å². The van der Waals surface area contributed by atoms with Gasteiger partial charge in [0.25, 0.3) is 0 Å². The topological polar surface area (TPSA) is 42.4 Å². The quantitative estimate of drug-likeness (QED) is 0.614. The lowest BCUT2D eigenvalue weighted by Crippen LogP contribution is -2.59. The van der Waals surface area contributed by atoms with Gasteiger partial charge in [-0.05, 0) is 24.1 Å². The summed E-state index contributed by atoms with van der Waals surface area (Å²) in [6.45, 7) is 3.74. The zero-order chi connectivity index (χ0) is 17.1. The Morgan fingerprint density at radius 3 is 2.43 bits per heavy atom. The molecule has 0 saturated carbocycles. The number of nitrogens with zero attached hydrogens (tertiary/aromatic N) is 5. The van der Waals surface area contributed by atoms with Crippen LogP contribution in [0.2, 0.25) is 5.02 Å². The highest BCUT2D eigenvalue weighted by Gasteiger charge is 2.28. The van der Waals surface area contributed by atoms with Gasteiger partial charge in [0.15, 0.2) is 5.96 Å². The molecule has 1 aromatic rings. The Labute approximate surface area is 142 Å². The molecule has 0 aliphatic carbocycles. The standard InChI is InChI=1S/C16H24ClN5O/c1-12-6-7-13(8-14(12)17)9-19(3)15(18-2)22-10-20(4)16(23)21(5)11-22/h6-8H,9-11H2,1-5H3.